The summed E-state index contributed by atoms with van der Waals surface area (Å²) in [5, 5.41) is 3.02. The predicted octanol–water partition coefficient (Wildman–Crippen LogP) is 6.66. The average Bonchev–Trinajstić information content (AvgIpc) is 3.30. The van der Waals surface area contributed by atoms with Gasteiger partial charge in [0.25, 0.3) is 5.91 Å². The number of fused-ring (bicyclic) bond motifs is 2. The van der Waals surface area contributed by atoms with Crippen molar-refractivity contribution in [3.63, 3.8) is 0 Å². The molecule has 0 unspecified atom stereocenters. The highest BCUT2D eigenvalue weighted by molar-refractivity contribution is 6.35. The monoisotopic (exact) mass is 397 g/mol. The molecule has 0 bridgehead atoms. The fourth-order valence-corrected chi connectivity index (χ4v) is 4.66. The minimum atomic E-state index is -0.0500. The van der Waals surface area contributed by atoms with Crippen LogP contribution in [0.3, 0.4) is 0 Å². The molecule has 5 rings (SSSR count). The quantitative estimate of drug-likeness (QED) is 0.489. The first-order valence-corrected chi connectivity index (χ1v) is 11.1. The number of carbonyl (C=O) groups is 1. The third-order valence-electron chi connectivity index (χ3n) is 6.22. The van der Waals surface area contributed by atoms with Crippen molar-refractivity contribution in [2.75, 3.05) is 5.32 Å². The van der Waals surface area contributed by atoms with Gasteiger partial charge in [-0.05, 0) is 61.4 Å². The molecule has 2 aromatic carbocycles. The lowest BCUT2D eigenvalue weighted by Crippen LogP contribution is -2.03. The van der Waals surface area contributed by atoms with Crippen LogP contribution < -0.4 is 5.32 Å². The summed E-state index contributed by atoms with van der Waals surface area (Å²) >= 11 is 0. The lowest BCUT2D eigenvalue weighted by Gasteiger charge is -2.11. The van der Waals surface area contributed by atoms with Crippen molar-refractivity contribution in [2.24, 2.45) is 0 Å². The molecule has 1 amide bonds. The van der Waals surface area contributed by atoms with E-state index in [9.17, 15) is 4.79 Å². The molecule has 1 aromatic heterocycles. The number of benzene rings is 2. The Labute approximate surface area is 177 Å². The lowest BCUT2D eigenvalue weighted by atomic mass is 9.91. The van der Waals surface area contributed by atoms with Gasteiger partial charge in [0.05, 0.1) is 5.57 Å². The van der Waals surface area contributed by atoms with Crippen LogP contribution in [0.2, 0.25) is 0 Å². The third-order valence-corrected chi connectivity index (χ3v) is 6.22. The van der Waals surface area contributed by atoms with Crippen molar-refractivity contribution in [1.29, 1.82) is 0 Å². The van der Waals surface area contributed by atoms with Crippen molar-refractivity contribution in [3.05, 3.63) is 76.7 Å². The van der Waals surface area contributed by atoms with E-state index < -0.39 is 0 Å². The van der Waals surface area contributed by atoms with Gasteiger partial charge >= 0.3 is 0 Å². The average molecular weight is 398 g/mol. The topological polar surface area (TPSA) is 42.2 Å². The molecule has 0 spiro atoms. The van der Waals surface area contributed by atoms with Gasteiger partial charge in [0, 0.05) is 28.8 Å². The van der Waals surface area contributed by atoms with Gasteiger partial charge in [-0.15, -0.1) is 0 Å². The summed E-state index contributed by atoms with van der Waals surface area (Å²) < 4.78 is 6.36. The van der Waals surface area contributed by atoms with Gasteiger partial charge in [0.15, 0.2) is 0 Å². The first-order chi connectivity index (χ1) is 14.7. The van der Waals surface area contributed by atoms with Crippen LogP contribution in [-0.4, -0.2) is 5.91 Å². The molecule has 3 aromatic rings. The number of hydrogen-bond donors (Lipinski definition) is 1. The molecule has 1 aliphatic carbocycles. The second kappa shape index (κ2) is 7.98. The summed E-state index contributed by atoms with van der Waals surface area (Å²) in [6.07, 6.45) is 9.68. The number of rotatable bonds is 5. The van der Waals surface area contributed by atoms with Gasteiger partial charge in [-0.3, -0.25) is 4.79 Å². The number of anilines is 1. The van der Waals surface area contributed by atoms with Crippen LogP contribution in [0.15, 0.2) is 52.9 Å². The number of amides is 1. The Hall–Kier alpha value is -3.07. The molecule has 0 fully saturated rings. The molecule has 0 atom stereocenters. The van der Waals surface area contributed by atoms with Crippen molar-refractivity contribution >= 4 is 23.2 Å². The van der Waals surface area contributed by atoms with E-state index in [1.807, 2.05) is 18.2 Å². The van der Waals surface area contributed by atoms with Crippen molar-refractivity contribution in [2.45, 2.75) is 51.9 Å². The van der Waals surface area contributed by atoms with Crippen LogP contribution in [0.4, 0.5) is 5.69 Å². The van der Waals surface area contributed by atoms with E-state index in [4.69, 9.17) is 4.42 Å². The lowest BCUT2D eigenvalue weighted by molar-refractivity contribution is -0.110. The Kier molecular flexibility index (Phi) is 5.04. The first kappa shape index (κ1) is 18.9. The Morgan fingerprint density at radius 1 is 1.07 bits per heavy atom. The highest BCUT2D eigenvalue weighted by Gasteiger charge is 2.28. The fourth-order valence-electron chi connectivity index (χ4n) is 4.66. The second-order valence-electron chi connectivity index (χ2n) is 8.31. The Bertz CT molecular complexity index is 1120. The van der Waals surface area contributed by atoms with E-state index in [-0.39, 0.29) is 5.91 Å². The number of aryl methyl sites for hydroxylation is 2. The van der Waals surface area contributed by atoms with Gasteiger partial charge in [-0.2, -0.15) is 0 Å². The van der Waals surface area contributed by atoms with E-state index in [2.05, 4.69) is 48.6 Å². The van der Waals surface area contributed by atoms with Gasteiger partial charge in [-0.25, -0.2) is 0 Å². The Morgan fingerprint density at radius 2 is 1.90 bits per heavy atom. The molecule has 30 heavy (non-hydrogen) atoms. The van der Waals surface area contributed by atoms with Gasteiger partial charge in [-0.1, -0.05) is 49.7 Å². The summed E-state index contributed by atoms with van der Waals surface area (Å²) in [6, 6.07) is 16.7. The van der Waals surface area contributed by atoms with Crippen LogP contribution in [0.5, 0.6) is 0 Å². The van der Waals surface area contributed by atoms with E-state index >= 15 is 0 Å². The molecule has 0 saturated heterocycles. The van der Waals surface area contributed by atoms with E-state index in [1.165, 1.54) is 17.5 Å². The molecule has 2 heterocycles. The zero-order chi connectivity index (χ0) is 20.5. The van der Waals surface area contributed by atoms with Crippen LogP contribution in [0.25, 0.3) is 22.8 Å². The van der Waals surface area contributed by atoms with E-state index in [1.54, 1.807) is 0 Å². The van der Waals surface area contributed by atoms with Gasteiger partial charge in [0.1, 0.15) is 11.5 Å². The summed E-state index contributed by atoms with van der Waals surface area (Å²) in [4.78, 5) is 12.8. The van der Waals surface area contributed by atoms with Crippen molar-refractivity contribution in [3.8, 4) is 11.1 Å². The SMILES string of the molecule is CCCCc1ccc2c(c1)C(=Cc1oc3c(c1-c1ccccc1)CCCC3)C(=O)N2. The zero-order valence-corrected chi connectivity index (χ0v) is 17.5. The van der Waals surface area contributed by atoms with Crippen LogP contribution in [-0.2, 0) is 24.1 Å². The molecular formula is C27H27NO2. The van der Waals surface area contributed by atoms with Gasteiger partial charge in [0.2, 0.25) is 0 Å². The predicted molar refractivity (Wildman–Crippen MR) is 122 cm³/mol. The number of unbranched alkanes of at least 4 members (excludes halogenated alkanes) is 1. The highest BCUT2D eigenvalue weighted by atomic mass is 16.3. The number of nitrogens with one attached hydrogen (secondary N) is 1. The highest BCUT2D eigenvalue weighted by Crippen LogP contribution is 2.41. The van der Waals surface area contributed by atoms with Crippen LogP contribution in [0.1, 0.15) is 60.8 Å². The first-order valence-electron chi connectivity index (χ1n) is 11.1. The summed E-state index contributed by atoms with van der Waals surface area (Å²) in [6.45, 7) is 2.20. The standard InChI is InChI=1S/C27H27NO2/c1-2-3-9-18-14-15-23-21(16-18)22(27(29)28-23)17-25-26(19-10-5-4-6-11-19)20-12-7-8-13-24(20)30-25/h4-6,10-11,14-17H,2-3,7-9,12-13H2,1H3,(H,28,29). The normalized spacial score (nSPS) is 16.4. The molecule has 1 aliphatic heterocycles. The third kappa shape index (κ3) is 3.39. The molecule has 3 nitrogen and oxygen atoms in total. The molecule has 1 N–H and O–H groups in total. The maximum absolute atomic E-state index is 12.8. The number of furan rings is 1. The molecular weight excluding hydrogens is 370 g/mol. The van der Waals surface area contributed by atoms with Crippen LogP contribution in [0, 0.1) is 0 Å². The summed E-state index contributed by atoms with van der Waals surface area (Å²) in [5.41, 5.74) is 7.49. The molecule has 2 aliphatic rings. The molecule has 0 radical (unpaired) electrons. The zero-order valence-electron chi connectivity index (χ0n) is 17.5. The minimum Gasteiger partial charge on any atom is -0.461 e. The van der Waals surface area contributed by atoms with Gasteiger partial charge < -0.3 is 9.73 Å². The maximum atomic E-state index is 12.8. The van der Waals surface area contributed by atoms with E-state index in [0.29, 0.717) is 5.57 Å². The second-order valence-corrected chi connectivity index (χ2v) is 8.31. The molecule has 0 saturated carbocycles. The smallest absolute Gasteiger partial charge is 0.256 e. The Morgan fingerprint density at radius 3 is 2.73 bits per heavy atom. The summed E-state index contributed by atoms with van der Waals surface area (Å²) in [7, 11) is 0. The molecule has 3 heteroatoms. The van der Waals surface area contributed by atoms with Crippen molar-refractivity contribution < 1.29 is 9.21 Å². The minimum absolute atomic E-state index is 0.0500. The maximum Gasteiger partial charge on any atom is 0.256 e. The fraction of sp³-hybridized carbons (Fsp3) is 0.296. The number of carbonyl (C=O) groups excluding carboxylic acids is 1. The largest absolute Gasteiger partial charge is 0.461 e. The number of hydrogen-bond acceptors (Lipinski definition) is 2. The molecule has 152 valence electrons. The Balaban J connectivity index is 1.63. The summed E-state index contributed by atoms with van der Waals surface area (Å²) in [5.74, 6) is 1.85. The van der Waals surface area contributed by atoms with Crippen LogP contribution >= 0.6 is 0 Å². The van der Waals surface area contributed by atoms with E-state index in [0.717, 1.165) is 72.4 Å². The van der Waals surface area contributed by atoms with Crippen molar-refractivity contribution in [1.82, 2.24) is 0 Å².